The van der Waals surface area contributed by atoms with Gasteiger partial charge in [0.2, 0.25) is 0 Å². The Morgan fingerprint density at radius 2 is 1.37 bits per heavy atom. The van der Waals surface area contributed by atoms with E-state index in [4.69, 9.17) is 10.1 Å². The van der Waals surface area contributed by atoms with E-state index in [0.717, 1.165) is 50.7 Å². The number of nitrogens with zero attached hydrogens (tertiary/aromatic N) is 2. The van der Waals surface area contributed by atoms with Gasteiger partial charge >= 0.3 is 5.97 Å². The summed E-state index contributed by atoms with van der Waals surface area (Å²) < 4.78 is 2.09. The van der Waals surface area contributed by atoms with Gasteiger partial charge < -0.3 is 20.1 Å². The lowest BCUT2D eigenvalue weighted by Crippen LogP contribution is -2.12. The Kier molecular flexibility index (Phi) is 8.36. The predicted octanol–water partition coefficient (Wildman–Crippen LogP) is 6.68. The van der Waals surface area contributed by atoms with Crippen LogP contribution in [0.4, 0.5) is 5.69 Å². The molecule has 5 aromatic rings. The van der Waals surface area contributed by atoms with Crippen LogP contribution in [0.25, 0.3) is 45.0 Å². The summed E-state index contributed by atoms with van der Waals surface area (Å²) >= 11 is 0. The Labute approximate surface area is 222 Å². The highest BCUT2D eigenvalue weighted by Gasteiger charge is 2.22. The number of hydrogen-bond donors (Lipinski definition) is 3. The van der Waals surface area contributed by atoms with Gasteiger partial charge in [-0.05, 0) is 23.3 Å². The van der Waals surface area contributed by atoms with Crippen LogP contribution in [0.15, 0.2) is 109 Å². The Balaban J connectivity index is 0.00000336. The van der Waals surface area contributed by atoms with Gasteiger partial charge in [-0.3, -0.25) is 4.79 Å². The Hall–Kier alpha value is -4.68. The molecule has 3 N–H and O–H groups in total. The number of carboxylic acid groups (broad SMARTS) is 1. The molecule has 0 saturated carbocycles. The molecule has 6 heteroatoms. The Bertz CT molecular complexity index is 1510. The highest BCUT2D eigenvalue weighted by atomic mass is 16.4. The van der Waals surface area contributed by atoms with Gasteiger partial charge in [0.25, 0.3) is 0 Å². The second-order valence-corrected chi connectivity index (χ2v) is 8.61. The average Bonchev–Trinajstić information content (AvgIpc) is 3.32. The van der Waals surface area contributed by atoms with Crippen molar-refractivity contribution < 1.29 is 15.0 Å². The first-order valence-electron chi connectivity index (χ1n) is 12.1. The van der Waals surface area contributed by atoms with Gasteiger partial charge in [0.15, 0.2) is 0 Å². The summed E-state index contributed by atoms with van der Waals surface area (Å²) in [6, 6.07) is 35.9. The maximum Gasteiger partial charge on any atom is 0.322 e. The first-order chi connectivity index (χ1) is 18.2. The molecule has 0 unspecified atom stereocenters. The Morgan fingerprint density at radius 3 is 2.03 bits per heavy atom. The molecule has 0 aliphatic rings. The molecule has 0 amide bonds. The summed E-state index contributed by atoms with van der Waals surface area (Å²) in [5, 5.41) is 22.1. The number of aliphatic hydroxyl groups excluding tert-OH is 1. The predicted molar refractivity (Wildman–Crippen MR) is 154 cm³/mol. The van der Waals surface area contributed by atoms with Crippen molar-refractivity contribution in [2.75, 3.05) is 18.5 Å². The van der Waals surface area contributed by atoms with Gasteiger partial charge in [0, 0.05) is 28.9 Å². The molecule has 192 valence electrons. The van der Waals surface area contributed by atoms with Crippen molar-refractivity contribution in [2.24, 2.45) is 0 Å². The molecule has 1 heterocycles. The van der Waals surface area contributed by atoms with Crippen LogP contribution in [0.1, 0.15) is 7.43 Å². The van der Waals surface area contributed by atoms with Gasteiger partial charge in [-0.1, -0.05) is 104 Å². The summed E-state index contributed by atoms with van der Waals surface area (Å²) in [7, 11) is 0. The van der Waals surface area contributed by atoms with E-state index >= 15 is 0 Å². The lowest BCUT2D eigenvalue weighted by Gasteiger charge is -2.15. The number of benzene rings is 4. The molecule has 0 aliphatic carbocycles. The average molecular weight is 506 g/mol. The SMILES string of the molecule is C.O=C(O)CNc1cccc(-c2ccccc2-c2nc(-c3ccccc3)c(-c3ccccc3)n2CCO)c1. The number of aliphatic carboxylic acids is 1. The van der Waals surface area contributed by atoms with Gasteiger partial charge in [-0.15, -0.1) is 0 Å². The largest absolute Gasteiger partial charge is 0.480 e. The van der Waals surface area contributed by atoms with Crippen molar-refractivity contribution >= 4 is 11.7 Å². The third-order valence-corrected chi connectivity index (χ3v) is 6.17. The van der Waals surface area contributed by atoms with Crippen LogP contribution in [0.3, 0.4) is 0 Å². The van der Waals surface area contributed by atoms with E-state index in [1.54, 1.807) is 0 Å². The summed E-state index contributed by atoms with van der Waals surface area (Å²) in [6.07, 6.45) is 0. The van der Waals surface area contributed by atoms with Crippen molar-refractivity contribution in [3.05, 3.63) is 109 Å². The molecular weight excluding hydrogens is 474 g/mol. The fourth-order valence-corrected chi connectivity index (χ4v) is 4.57. The fourth-order valence-electron chi connectivity index (χ4n) is 4.57. The zero-order valence-corrected chi connectivity index (χ0v) is 20.2. The first-order valence-corrected chi connectivity index (χ1v) is 12.1. The van der Waals surface area contributed by atoms with Crippen molar-refractivity contribution in [3.63, 3.8) is 0 Å². The van der Waals surface area contributed by atoms with Crippen LogP contribution in [0.2, 0.25) is 0 Å². The number of anilines is 1. The molecule has 0 saturated heterocycles. The molecule has 6 nitrogen and oxygen atoms in total. The second kappa shape index (κ2) is 12.0. The molecule has 0 bridgehead atoms. The van der Waals surface area contributed by atoms with E-state index in [2.05, 4.69) is 22.0 Å². The molecule has 38 heavy (non-hydrogen) atoms. The number of nitrogens with one attached hydrogen (secondary N) is 1. The quantitative estimate of drug-likeness (QED) is 0.208. The molecule has 4 aromatic carbocycles. The molecular formula is C32H31N3O3. The minimum atomic E-state index is -0.918. The van der Waals surface area contributed by atoms with E-state index in [9.17, 15) is 9.90 Å². The van der Waals surface area contributed by atoms with Crippen molar-refractivity contribution in [3.8, 4) is 45.0 Å². The van der Waals surface area contributed by atoms with Crippen molar-refractivity contribution in [1.29, 1.82) is 0 Å². The minimum Gasteiger partial charge on any atom is -0.480 e. The number of carbonyl (C=O) groups is 1. The highest BCUT2D eigenvalue weighted by Crippen LogP contribution is 2.39. The van der Waals surface area contributed by atoms with Crippen LogP contribution in [-0.2, 0) is 11.3 Å². The number of imidazole rings is 1. The van der Waals surface area contributed by atoms with E-state index < -0.39 is 5.97 Å². The molecule has 1 aromatic heterocycles. The van der Waals surface area contributed by atoms with Gasteiger partial charge in [-0.25, -0.2) is 4.98 Å². The van der Waals surface area contributed by atoms with Crippen molar-refractivity contribution in [1.82, 2.24) is 9.55 Å². The van der Waals surface area contributed by atoms with Crippen LogP contribution < -0.4 is 5.32 Å². The first kappa shape index (κ1) is 26.4. The number of hydrogen-bond acceptors (Lipinski definition) is 4. The topological polar surface area (TPSA) is 87.4 Å². The second-order valence-electron chi connectivity index (χ2n) is 8.61. The summed E-state index contributed by atoms with van der Waals surface area (Å²) in [4.78, 5) is 16.2. The Morgan fingerprint density at radius 1 is 0.763 bits per heavy atom. The van der Waals surface area contributed by atoms with Crippen LogP contribution in [0.5, 0.6) is 0 Å². The zero-order chi connectivity index (χ0) is 25.6. The smallest absolute Gasteiger partial charge is 0.322 e. The van der Waals surface area contributed by atoms with Gasteiger partial charge in [-0.2, -0.15) is 0 Å². The normalized spacial score (nSPS) is 10.6. The lowest BCUT2D eigenvalue weighted by molar-refractivity contribution is -0.134. The number of aliphatic hydroxyl groups is 1. The van der Waals surface area contributed by atoms with Crippen LogP contribution >= 0.6 is 0 Å². The molecule has 0 radical (unpaired) electrons. The highest BCUT2D eigenvalue weighted by molar-refractivity contribution is 5.87. The monoisotopic (exact) mass is 505 g/mol. The fraction of sp³-hybridized carbons (Fsp3) is 0.125. The van der Waals surface area contributed by atoms with E-state index in [1.165, 1.54) is 0 Å². The molecule has 0 fully saturated rings. The lowest BCUT2D eigenvalue weighted by atomic mass is 9.98. The standard InChI is InChI=1S/C31H27N3O3.CH4/c35-19-18-34-30(23-12-5-2-6-13-23)29(22-10-3-1-4-11-22)33-31(34)27-17-8-7-16-26(27)24-14-9-15-25(20-24)32-21-28(36)37;/h1-17,20,32,35H,18-19,21H2,(H,36,37);1H4. The van der Waals surface area contributed by atoms with E-state index in [-0.39, 0.29) is 20.6 Å². The molecule has 0 spiro atoms. The number of rotatable bonds is 9. The van der Waals surface area contributed by atoms with Crippen LogP contribution in [0, 0.1) is 0 Å². The van der Waals surface area contributed by atoms with Crippen LogP contribution in [-0.4, -0.2) is 38.9 Å². The van der Waals surface area contributed by atoms with Gasteiger partial charge in [0.05, 0.1) is 18.0 Å². The number of carboxylic acids is 1. The molecule has 0 aliphatic heterocycles. The van der Waals surface area contributed by atoms with Crippen molar-refractivity contribution in [2.45, 2.75) is 14.0 Å². The summed E-state index contributed by atoms with van der Waals surface area (Å²) in [6.45, 7) is 0.189. The van der Waals surface area contributed by atoms with Gasteiger partial charge in [0.1, 0.15) is 12.4 Å². The van der Waals surface area contributed by atoms with E-state index in [1.807, 2.05) is 97.1 Å². The minimum absolute atomic E-state index is 0. The number of aromatic nitrogens is 2. The van der Waals surface area contributed by atoms with E-state index in [0.29, 0.717) is 6.54 Å². The zero-order valence-electron chi connectivity index (χ0n) is 20.2. The summed E-state index contributed by atoms with van der Waals surface area (Å²) in [5.74, 6) is -0.162. The molecule has 0 atom stereocenters. The summed E-state index contributed by atoms with van der Waals surface area (Å²) in [5.41, 5.74) is 7.36. The maximum atomic E-state index is 11.0. The molecule has 5 rings (SSSR count). The maximum absolute atomic E-state index is 11.0. The third kappa shape index (κ3) is 5.51. The third-order valence-electron chi connectivity index (χ3n) is 6.17.